The van der Waals surface area contributed by atoms with E-state index < -0.39 is 0 Å². The molecule has 1 aromatic carbocycles. The molecule has 22 heavy (non-hydrogen) atoms. The molecular formula is C16H25ClN2O3. The summed E-state index contributed by atoms with van der Waals surface area (Å²) in [6.07, 6.45) is 2.34. The SMILES string of the molecule is COc1ccc(CNC(=O)[C@H]2CC[C@@H](N)[C@H](OC)C2)cc1.Cl. The molecular weight excluding hydrogens is 304 g/mol. The van der Waals surface area contributed by atoms with Gasteiger partial charge in [-0.05, 0) is 37.0 Å². The van der Waals surface area contributed by atoms with Crippen LogP contribution in [0, 0.1) is 5.92 Å². The van der Waals surface area contributed by atoms with E-state index in [1.807, 2.05) is 24.3 Å². The first-order valence-corrected chi connectivity index (χ1v) is 7.33. The molecule has 1 fully saturated rings. The van der Waals surface area contributed by atoms with Crippen LogP contribution in [0.15, 0.2) is 24.3 Å². The van der Waals surface area contributed by atoms with Crippen molar-refractivity contribution in [3.05, 3.63) is 29.8 Å². The largest absolute Gasteiger partial charge is 0.497 e. The lowest BCUT2D eigenvalue weighted by Gasteiger charge is -2.32. The molecule has 0 aliphatic heterocycles. The Hall–Kier alpha value is -1.30. The number of nitrogens with two attached hydrogens (primary N) is 1. The molecule has 5 nitrogen and oxygen atoms in total. The van der Waals surface area contributed by atoms with Gasteiger partial charge in [-0.3, -0.25) is 4.79 Å². The van der Waals surface area contributed by atoms with Gasteiger partial charge in [-0.1, -0.05) is 12.1 Å². The Bertz CT molecular complexity index is 467. The molecule has 0 heterocycles. The van der Waals surface area contributed by atoms with Crippen LogP contribution < -0.4 is 15.8 Å². The number of rotatable bonds is 5. The number of benzene rings is 1. The van der Waals surface area contributed by atoms with E-state index in [4.69, 9.17) is 15.2 Å². The van der Waals surface area contributed by atoms with Crippen LogP contribution in [0.3, 0.4) is 0 Å². The van der Waals surface area contributed by atoms with Gasteiger partial charge in [-0.2, -0.15) is 0 Å². The first kappa shape index (κ1) is 18.7. The number of methoxy groups -OCH3 is 2. The number of nitrogens with one attached hydrogen (secondary N) is 1. The monoisotopic (exact) mass is 328 g/mol. The minimum atomic E-state index is -0.0181. The summed E-state index contributed by atoms with van der Waals surface area (Å²) in [5.41, 5.74) is 7.03. The molecule has 0 saturated heterocycles. The summed E-state index contributed by atoms with van der Waals surface area (Å²) in [6.45, 7) is 0.531. The van der Waals surface area contributed by atoms with Gasteiger partial charge in [0.2, 0.25) is 5.91 Å². The van der Waals surface area contributed by atoms with Gasteiger partial charge in [0, 0.05) is 25.6 Å². The van der Waals surface area contributed by atoms with Crippen LogP contribution >= 0.6 is 12.4 Å². The lowest BCUT2D eigenvalue weighted by molar-refractivity contribution is -0.128. The van der Waals surface area contributed by atoms with Crippen molar-refractivity contribution in [1.29, 1.82) is 0 Å². The summed E-state index contributed by atoms with van der Waals surface area (Å²) < 4.78 is 10.5. The standard InChI is InChI=1S/C16H24N2O3.ClH/c1-20-13-6-3-11(4-7-13)10-18-16(19)12-5-8-14(17)15(9-12)21-2;/h3-4,6-7,12,14-15H,5,8-10,17H2,1-2H3,(H,18,19);1H/t12-,14+,15+;/m0./s1. The third-order valence-corrected chi connectivity index (χ3v) is 4.14. The predicted octanol–water partition coefficient (Wildman–Crippen LogP) is 1.88. The second-order valence-corrected chi connectivity index (χ2v) is 5.51. The third kappa shape index (κ3) is 4.87. The molecule has 124 valence electrons. The van der Waals surface area contributed by atoms with Gasteiger partial charge >= 0.3 is 0 Å². The molecule has 3 N–H and O–H groups in total. The lowest BCUT2D eigenvalue weighted by atomic mass is 9.83. The fourth-order valence-corrected chi connectivity index (χ4v) is 2.74. The van der Waals surface area contributed by atoms with Crippen molar-refractivity contribution >= 4 is 18.3 Å². The number of carbonyl (C=O) groups excluding carboxylic acids is 1. The maximum Gasteiger partial charge on any atom is 0.223 e. The number of ether oxygens (including phenoxy) is 2. The van der Waals surface area contributed by atoms with E-state index in [1.165, 1.54) is 0 Å². The lowest BCUT2D eigenvalue weighted by Crippen LogP contribution is -2.45. The van der Waals surface area contributed by atoms with Crippen molar-refractivity contribution < 1.29 is 14.3 Å². The zero-order valence-corrected chi connectivity index (χ0v) is 13.9. The smallest absolute Gasteiger partial charge is 0.223 e. The average molecular weight is 329 g/mol. The highest BCUT2D eigenvalue weighted by atomic mass is 35.5. The molecule has 3 atom stereocenters. The third-order valence-electron chi connectivity index (χ3n) is 4.14. The van der Waals surface area contributed by atoms with Crippen LogP contribution in [0.5, 0.6) is 5.75 Å². The van der Waals surface area contributed by atoms with Crippen molar-refractivity contribution in [1.82, 2.24) is 5.32 Å². The summed E-state index contributed by atoms with van der Waals surface area (Å²) in [5.74, 6) is 0.891. The minimum Gasteiger partial charge on any atom is -0.497 e. The van der Waals surface area contributed by atoms with Crippen LogP contribution in [-0.4, -0.2) is 32.3 Å². The number of hydrogen-bond donors (Lipinski definition) is 2. The molecule has 1 aromatic rings. The Morgan fingerprint density at radius 3 is 2.55 bits per heavy atom. The van der Waals surface area contributed by atoms with Crippen molar-refractivity contribution in [2.75, 3.05) is 14.2 Å². The Kier molecular flexibility index (Phi) is 7.65. The van der Waals surface area contributed by atoms with Crippen LogP contribution in [0.2, 0.25) is 0 Å². The molecule has 2 rings (SSSR count). The molecule has 0 aromatic heterocycles. The quantitative estimate of drug-likeness (QED) is 0.865. The van der Waals surface area contributed by atoms with Crippen LogP contribution in [-0.2, 0) is 16.1 Å². The van der Waals surface area contributed by atoms with Crippen LogP contribution in [0.25, 0.3) is 0 Å². The van der Waals surface area contributed by atoms with Gasteiger partial charge in [0.15, 0.2) is 0 Å². The second-order valence-electron chi connectivity index (χ2n) is 5.51. The van der Waals surface area contributed by atoms with Crippen LogP contribution in [0.4, 0.5) is 0 Å². The first-order chi connectivity index (χ1) is 10.1. The van der Waals surface area contributed by atoms with Gasteiger partial charge in [-0.25, -0.2) is 0 Å². The Balaban J connectivity index is 0.00000242. The minimum absolute atomic E-state index is 0. The van der Waals surface area contributed by atoms with Crippen molar-refractivity contribution in [2.24, 2.45) is 11.7 Å². The Morgan fingerprint density at radius 1 is 1.27 bits per heavy atom. The van der Waals surface area contributed by atoms with Gasteiger partial charge in [0.1, 0.15) is 5.75 Å². The van der Waals surface area contributed by atoms with Gasteiger partial charge < -0.3 is 20.5 Å². The number of amides is 1. The number of halogens is 1. The van der Waals surface area contributed by atoms with E-state index in [1.54, 1.807) is 14.2 Å². The molecule has 1 amide bonds. The van der Waals surface area contributed by atoms with Gasteiger partial charge in [0.05, 0.1) is 13.2 Å². The van der Waals surface area contributed by atoms with E-state index in [9.17, 15) is 4.79 Å². The molecule has 1 aliphatic carbocycles. The summed E-state index contributed by atoms with van der Waals surface area (Å²) in [6, 6.07) is 7.73. The molecule has 1 aliphatic rings. The first-order valence-electron chi connectivity index (χ1n) is 7.33. The Labute approximate surface area is 138 Å². The molecule has 6 heteroatoms. The molecule has 0 unspecified atom stereocenters. The zero-order chi connectivity index (χ0) is 15.2. The molecule has 1 saturated carbocycles. The van der Waals surface area contributed by atoms with Gasteiger partial charge in [0.25, 0.3) is 0 Å². The number of carbonyl (C=O) groups is 1. The van der Waals surface area contributed by atoms with Crippen molar-refractivity contribution in [2.45, 2.75) is 38.0 Å². The second kappa shape index (κ2) is 8.98. The summed E-state index contributed by atoms with van der Waals surface area (Å²) in [5, 5.41) is 2.99. The zero-order valence-electron chi connectivity index (χ0n) is 13.1. The highest BCUT2D eigenvalue weighted by molar-refractivity contribution is 5.85. The maximum absolute atomic E-state index is 12.2. The fourth-order valence-electron chi connectivity index (χ4n) is 2.74. The average Bonchev–Trinajstić information content (AvgIpc) is 2.53. The normalized spacial score (nSPS) is 24.2. The summed E-state index contributed by atoms with van der Waals surface area (Å²) >= 11 is 0. The predicted molar refractivity (Wildman–Crippen MR) is 88.2 cm³/mol. The molecule has 0 spiro atoms. The van der Waals surface area contributed by atoms with E-state index in [-0.39, 0.29) is 36.4 Å². The molecule has 0 bridgehead atoms. The van der Waals surface area contributed by atoms with E-state index >= 15 is 0 Å². The van der Waals surface area contributed by atoms with E-state index in [0.717, 1.165) is 24.2 Å². The topological polar surface area (TPSA) is 73.6 Å². The molecule has 0 radical (unpaired) electrons. The van der Waals surface area contributed by atoms with E-state index in [0.29, 0.717) is 13.0 Å². The maximum atomic E-state index is 12.2. The fraction of sp³-hybridized carbons (Fsp3) is 0.562. The highest BCUT2D eigenvalue weighted by Crippen LogP contribution is 2.25. The van der Waals surface area contributed by atoms with Crippen molar-refractivity contribution in [3.63, 3.8) is 0 Å². The summed E-state index contributed by atoms with van der Waals surface area (Å²) in [4.78, 5) is 12.2. The van der Waals surface area contributed by atoms with Crippen LogP contribution in [0.1, 0.15) is 24.8 Å². The van der Waals surface area contributed by atoms with Crippen molar-refractivity contribution in [3.8, 4) is 5.75 Å². The van der Waals surface area contributed by atoms with Gasteiger partial charge in [-0.15, -0.1) is 12.4 Å². The number of hydrogen-bond acceptors (Lipinski definition) is 4. The van der Waals surface area contributed by atoms with E-state index in [2.05, 4.69) is 5.32 Å². The highest BCUT2D eigenvalue weighted by Gasteiger charge is 2.31. The summed E-state index contributed by atoms with van der Waals surface area (Å²) in [7, 11) is 3.29. The Morgan fingerprint density at radius 2 is 1.95 bits per heavy atom.